The topological polar surface area (TPSA) is 101 Å². The smallest absolute Gasteiger partial charge is 0.318 e. The van der Waals surface area contributed by atoms with E-state index >= 15 is 0 Å². The van der Waals surface area contributed by atoms with Gasteiger partial charge in [-0.05, 0) is 13.8 Å². The third-order valence-corrected chi connectivity index (χ3v) is 3.26. The van der Waals surface area contributed by atoms with Crippen LogP contribution in [0.3, 0.4) is 0 Å². The molecule has 0 saturated carbocycles. The molecule has 0 saturated heterocycles. The number of nitrogens with one attached hydrogen (secondary N) is 1. The molecule has 0 radical (unpaired) electrons. The lowest BCUT2D eigenvalue weighted by Gasteiger charge is -1.99. The van der Waals surface area contributed by atoms with Crippen LogP contribution in [0.2, 0.25) is 0 Å². The van der Waals surface area contributed by atoms with Crippen LogP contribution in [0, 0.1) is 6.92 Å². The Balaban J connectivity index is 2.94. The van der Waals surface area contributed by atoms with E-state index in [0.29, 0.717) is 12.4 Å². The van der Waals surface area contributed by atoms with E-state index < -0.39 is 22.5 Å². The number of hydrogen-bond donors (Lipinski definition) is 2. The molecule has 0 spiro atoms. The molecule has 8 heteroatoms. The maximum atomic E-state index is 11.6. The number of aliphatic carboxylic acids is 1. The highest BCUT2D eigenvalue weighted by molar-refractivity contribution is 7.89. The molecule has 2 N–H and O–H groups in total. The first-order valence-electron chi connectivity index (χ1n) is 4.62. The second kappa shape index (κ2) is 4.62. The van der Waals surface area contributed by atoms with Crippen LogP contribution in [0.25, 0.3) is 0 Å². The molecule has 0 fully saturated rings. The maximum absolute atomic E-state index is 11.6. The van der Waals surface area contributed by atoms with Gasteiger partial charge >= 0.3 is 5.97 Å². The SMILES string of the molecule is CCn1cc(S(=O)(=O)NCC(=O)O)nc1C. The van der Waals surface area contributed by atoms with E-state index in [0.717, 1.165) is 0 Å². The highest BCUT2D eigenvalue weighted by atomic mass is 32.2. The number of rotatable bonds is 5. The first kappa shape index (κ1) is 12.7. The summed E-state index contributed by atoms with van der Waals surface area (Å²) in [5.41, 5.74) is 0. The number of sulfonamides is 1. The lowest BCUT2D eigenvalue weighted by atomic mass is 10.6. The normalized spacial score (nSPS) is 11.6. The number of carbonyl (C=O) groups is 1. The van der Waals surface area contributed by atoms with Gasteiger partial charge in [-0.25, -0.2) is 13.4 Å². The van der Waals surface area contributed by atoms with Gasteiger partial charge in [0.15, 0.2) is 5.03 Å². The van der Waals surface area contributed by atoms with Gasteiger partial charge in [0.2, 0.25) is 0 Å². The molecular formula is C8H13N3O4S. The molecule has 1 aromatic rings. The molecule has 0 unspecified atom stereocenters. The molecule has 1 aromatic heterocycles. The standard InChI is InChI=1S/C8H13N3O4S/c1-3-11-5-7(10-6(11)2)16(14,15)9-4-8(12)13/h5,9H,3-4H2,1-2H3,(H,12,13). The van der Waals surface area contributed by atoms with Crippen LogP contribution in [-0.2, 0) is 21.4 Å². The number of imidazole rings is 1. The predicted octanol–water partition coefficient (Wildman–Crippen LogP) is -0.426. The van der Waals surface area contributed by atoms with Crippen LogP contribution in [0.4, 0.5) is 0 Å². The molecule has 90 valence electrons. The van der Waals surface area contributed by atoms with Gasteiger partial charge < -0.3 is 9.67 Å². The molecule has 0 amide bonds. The minimum Gasteiger partial charge on any atom is -0.480 e. The third kappa shape index (κ3) is 2.80. The Morgan fingerprint density at radius 3 is 2.69 bits per heavy atom. The molecular weight excluding hydrogens is 234 g/mol. The van der Waals surface area contributed by atoms with Crippen molar-refractivity contribution in [2.45, 2.75) is 25.4 Å². The fourth-order valence-electron chi connectivity index (χ4n) is 1.16. The number of aryl methyl sites for hydroxylation is 2. The molecule has 0 atom stereocenters. The van der Waals surface area contributed by atoms with Gasteiger partial charge in [-0.2, -0.15) is 4.72 Å². The lowest BCUT2D eigenvalue weighted by Crippen LogP contribution is -2.29. The van der Waals surface area contributed by atoms with E-state index in [2.05, 4.69) is 4.98 Å². The van der Waals surface area contributed by atoms with Crippen molar-refractivity contribution in [3.63, 3.8) is 0 Å². The molecule has 1 heterocycles. The van der Waals surface area contributed by atoms with Crippen LogP contribution >= 0.6 is 0 Å². The van der Waals surface area contributed by atoms with Crippen molar-refractivity contribution in [1.82, 2.24) is 14.3 Å². The Labute approximate surface area is 93.2 Å². The van der Waals surface area contributed by atoms with Crippen molar-refractivity contribution in [1.29, 1.82) is 0 Å². The van der Waals surface area contributed by atoms with Crippen molar-refractivity contribution in [2.24, 2.45) is 0 Å². The van der Waals surface area contributed by atoms with Crippen LogP contribution in [0.15, 0.2) is 11.2 Å². The predicted molar refractivity (Wildman–Crippen MR) is 55.5 cm³/mol. The monoisotopic (exact) mass is 247 g/mol. The second-order valence-electron chi connectivity index (χ2n) is 3.13. The summed E-state index contributed by atoms with van der Waals surface area (Å²) >= 11 is 0. The van der Waals surface area contributed by atoms with E-state index in [1.807, 2.05) is 11.6 Å². The zero-order valence-electron chi connectivity index (χ0n) is 8.97. The fourth-order valence-corrected chi connectivity index (χ4v) is 2.14. The Kier molecular flexibility index (Phi) is 3.66. The summed E-state index contributed by atoms with van der Waals surface area (Å²) in [6, 6.07) is 0. The molecule has 0 aliphatic heterocycles. The molecule has 7 nitrogen and oxygen atoms in total. The number of carboxylic acids is 1. The summed E-state index contributed by atoms with van der Waals surface area (Å²) in [4.78, 5) is 14.1. The van der Waals surface area contributed by atoms with Crippen molar-refractivity contribution in [3.05, 3.63) is 12.0 Å². The highest BCUT2D eigenvalue weighted by Gasteiger charge is 2.19. The van der Waals surface area contributed by atoms with Crippen molar-refractivity contribution in [3.8, 4) is 0 Å². The van der Waals surface area contributed by atoms with E-state index in [4.69, 9.17) is 5.11 Å². The average Bonchev–Trinajstić information content (AvgIpc) is 2.57. The highest BCUT2D eigenvalue weighted by Crippen LogP contribution is 2.08. The Morgan fingerprint density at radius 1 is 1.62 bits per heavy atom. The van der Waals surface area contributed by atoms with Gasteiger partial charge in [0.25, 0.3) is 10.0 Å². The Bertz CT molecular complexity index is 491. The largest absolute Gasteiger partial charge is 0.480 e. The summed E-state index contributed by atoms with van der Waals surface area (Å²) in [6.07, 6.45) is 1.37. The first-order chi connectivity index (χ1) is 7.36. The minimum atomic E-state index is -3.83. The maximum Gasteiger partial charge on any atom is 0.318 e. The van der Waals surface area contributed by atoms with Gasteiger partial charge in [0, 0.05) is 12.7 Å². The molecule has 16 heavy (non-hydrogen) atoms. The van der Waals surface area contributed by atoms with E-state index in [1.54, 1.807) is 11.5 Å². The van der Waals surface area contributed by atoms with Gasteiger partial charge in [-0.15, -0.1) is 0 Å². The van der Waals surface area contributed by atoms with Crippen LogP contribution in [-0.4, -0.2) is 35.6 Å². The number of carboxylic acid groups (broad SMARTS) is 1. The van der Waals surface area contributed by atoms with Crippen LogP contribution < -0.4 is 4.72 Å². The quantitative estimate of drug-likeness (QED) is 0.735. The number of aromatic nitrogens is 2. The van der Waals surface area contributed by atoms with E-state index in [1.165, 1.54) is 6.20 Å². The van der Waals surface area contributed by atoms with Crippen molar-refractivity contribution >= 4 is 16.0 Å². The summed E-state index contributed by atoms with van der Waals surface area (Å²) in [7, 11) is -3.83. The van der Waals surface area contributed by atoms with E-state index in [-0.39, 0.29) is 5.03 Å². The molecule has 0 bridgehead atoms. The third-order valence-electron chi connectivity index (χ3n) is 1.98. The van der Waals surface area contributed by atoms with Crippen LogP contribution in [0.5, 0.6) is 0 Å². The first-order valence-corrected chi connectivity index (χ1v) is 6.10. The molecule has 0 aliphatic carbocycles. The average molecular weight is 247 g/mol. The van der Waals surface area contributed by atoms with Crippen LogP contribution in [0.1, 0.15) is 12.7 Å². The molecule has 0 aliphatic rings. The van der Waals surface area contributed by atoms with Crippen molar-refractivity contribution in [2.75, 3.05) is 6.54 Å². The Morgan fingerprint density at radius 2 is 2.25 bits per heavy atom. The van der Waals surface area contributed by atoms with E-state index in [9.17, 15) is 13.2 Å². The minimum absolute atomic E-state index is 0.159. The lowest BCUT2D eigenvalue weighted by molar-refractivity contribution is -0.135. The second-order valence-corrected chi connectivity index (χ2v) is 4.84. The van der Waals surface area contributed by atoms with Gasteiger partial charge in [-0.1, -0.05) is 0 Å². The zero-order chi connectivity index (χ0) is 12.3. The van der Waals surface area contributed by atoms with Gasteiger partial charge in [0.1, 0.15) is 12.4 Å². The molecule has 1 rings (SSSR count). The summed E-state index contributed by atoms with van der Waals surface area (Å²) < 4.78 is 26.7. The van der Waals surface area contributed by atoms with Crippen molar-refractivity contribution < 1.29 is 18.3 Å². The zero-order valence-corrected chi connectivity index (χ0v) is 9.78. The summed E-state index contributed by atoms with van der Waals surface area (Å²) in [5.74, 6) is -0.673. The number of hydrogen-bond acceptors (Lipinski definition) is 4. The number of nitrogens with zero attached hydrogens (tertiary/aromatic N) is 2. The molecule has 0 aromatic carbocycles. The fraction of sp³-hybridized carbons (Fsp3) is 0.500. The Hall–Kier alpha value is -1.41. The van der Waals surface area contributed by atoms with Gasteiger partial charge in [-0.3, -0.25) is 4.79 Å². The van der Waals surface area contributed by atoms with Gasteiger partial charge in [0.05, 0.1) is 0 Å². The summed E-state index contributed by atoms with van der Waals surface area (Å²) in [6.45, 7) is 3.49. The summed E-state index contributed by atoms with van der Waals surface area (Å²) in [5, 5.41) is 8.22.